The lowest BCUT2D eigenvalue weighted by Gasteiger charge is -2.24. The molecule has 126 valence electrons. The monoisotopic (exact) mass is 348 g/mol. The van der Waals surface area contributed by atoms with Crippen molar-refractivity contribution in [3.05, 3.63) is 23.3 Å². The number of likely N-dealkylation sites (N-methyl/N-ethyl adjacent to an activating group) is 1. The van der Waals surface area contributed by atoms with Crippen LogP contribution in [0.15, 0.2) is 17.0 Å². The van der Waals surface area contributed by atoms with Crippen LogP contribution in [0.3, 0.4) is 0 Å². The molecule has 0 bridgehead atoms. The molecule has 1 fully saturated rings. The number of sulfonamides is 1. The molecule has 0 aromatic heterocycles. The summed E-state index contributed by atoms with van der Waals surface area (Å²) in [7, 11) is 0.0138. The molecule has 1 aliphatic rings. The van der Waals surface area contributed by atoms with Crippen molar-refractivity contribution in [1.29, 1.82) is 0 Å². The molecule has 2 rings (SSSR count). The van der Waals surface area contributed by atoms with Gasteiger partial charge in [0.2, 0.25) is 10.0 Å². The minimum absolute atomic E-state index is 0. The Bertz CT molecular complexity index is 596. The predicted octanol–water partition coefficient (Wildman–Crippen LogP) is 2.11. The van der Waals surface area contributed by atoms with Crippen LogP contribution in [0.1, 0.15) is 24.0 Å². The zero-order valence-electron chi connectivity index (χ0n) is 13.5. The van der Waals surface area contributed by atoms with E-state index in [0.29, 0.717) is 18.0 Å². The molecule has 0 amide bonds. The van der Waals surface area contributed by atoms with Gasteiger partial charge in [0.1, 0.15) is 5.75 Å². The molecule has 1 N–H and O–H groups in total. The zero-order valence-corrected chi connectivity index (χ0v) is 15.2. The highest BCUT2D eigenvalue weighted by molar-refractivity contribution is 7.89. The third-order valence-electron chi connectivity index (χ3n) is 4.01. The Kier molecular flexibility index (Phi) is 6.67. The molecule has 1 heterocycles. The maximum absolute atomic E-state index is 12.9. The van der Waals surface area contributed by atoms with E-state index in [9.17, 15) is 8.42 Å². The number of hydrogen-bond donors (Lipinski definition) is 1. The van der Waals surface area contributed by atoms with Crippen molar-refractivity contribution < 1.29 is 13.2 Å². The van der Waals surface area contributed by atoms with Crippen LogP contribution < -0.4 is 10.1 Å². The molecule has 0 radical (unpaired) electrons. The summed E-state index contributed by atoms with van der Waals surface area (Å²) in [5, 5.41) is 3.08. The highest BCUT2D eigenvalue weighted by Gasteiger charge is 2.35. The van der Waals surface area contributed by atoms with Gasteiger partial charge in [0.05, 0.1) is 12.0 Å². The molecule has 1 aliphatic heterocycles. The van der Waals surface area contributed by atoms with Crippen LogP contribution in [0.4, 0.5) is 0 Å². The standard InChI is InChI=1S/C15H24N2O3S.ClH/c1-11-8-14(9-12(2)15(11)20-4)21(18,19)17-7-5-6-13(17)10-16-3;/h8-9,13,16H,5-7,10H2,1-4H3;1H. The topological polar surface area (TPSA) is 58.6 Å². The summed E-state index contributed by atoms with van der Waals surface area (Å²) in [6, 6.07) is 3.45. The van der Waals surface area contributed by atoms with Crippen molar-refractivity contribution in [2.75, 3.05) is 27.2 Å². The fraction of sp³-hybridized carbons (Fsp3) is 0.600. The lowest BCUT2D eigenvalue weighted by Crippen LogP contribution is -2.40. The van der Waals surface area contributed by atoms with E-state index in [1.54, 1.807) is 23.5 Å². The highest BCUT2D eigenvalue weighted by atomic mass is 35.5. The molecule has 1 aromatic carbocycles. The van der Waals surface area contributed by atoms with Crippen molar-refractivity contribution in [3.63, 3.8) is 0 Å². The molecule has 0 aliphatic carbocycles. The van der Waals surface area contributed by atoms with Crippen molar-refractivity contribution >= 4 is 22.4 Å². The van der Waals surface area contributed by atoms with Gasteiger partial charge in [-0.05, 0) is 57.0 Å². The molecular formula is C15H25ClN2O3S. The van der Waals surface area contributed by atoms with E-state index >= 15 is 0 Å². The van der Waals surface area contributed by atoms with Gasteiger partial charge in [0.25, 0.3) is 0 Å². The largest absolute Gasteiger partial charge is 0.496 e. The van der Waals surface area contributed by atoms with Crippen LogP contribution in [-0.2, 0) is 10.0 Å². The Balaban J connectivity index is 0.00000242. The third-order valence-corrected chi connectivity index (χ3v) is 5.94. The molecule has 5 nitrogen and oxygen atoms in total. The smallest absolute Gasteiger partial charge is 0.243 e. The Hall–Kier alpha value is -0.820. The van der Waals surface area contributed by atoms with Gasteiger partial charge in [-0.3, -0.25) is 0 Å². The third kappa shape index (κ3) is 3.56. The maximum atomic E-state index is 12.9. The first-order valence-electron chi connectivity index (χ1n) is 7.23. The van der Waals surface area contributed by atoms with Crippen molar-refractivity contribution in [2.24, 2.45) is 0 Å². The molecule has 0 spiro atoms. The van der Waals surface area contributed by atoms with E-state index in [-0.39, 0.29) is 18.4 Å². The number of aryl methyl sites for hydroxylation is 2. The first kappa shape index (κ1) is 19.2. The quantitative estimate of drug-likeness (QED) is 0.885. The second kappa shape index (κ2) is 7.64. The molecule has 1 atom stereocenters. The van der Waals surface area contributed by atoms with Gasteiger partial charge in [0, 0.05) is 19.1 Å². The molecule has 1 saturated heterocycles. The summed E-state index contributed by atoms with van der Waals surface area (Å²) in [5.41, 5.74) is 1.70. The summed E-state index contributed by atoms with van der Waals surface area (Å²) >= 11 is 0. The highest BCUT2D eigenvalue weighted by Crippen LogP contribution is 2.31. The first-order chi connectivity index (χ1) is 9.91. The predicted molar refractivity (Wildman–Crippen MR) is 90.6 cm³/mol. The Morgan fingerprint density at radius 3 is 2.41 bits per heavy atom. The van der Waals surface area contributed by atoms with Gasteiger partial charge >= 0.3 is 0 Å². The molecule has 1 aromatic rings. The number of methoxy groups -OCH3 is 1. The van der Waals surface area contributed by atoms with Crippen LogP contribution in [0.5, 0.6) is 5.75 Å². The maximum Gasteiger partial charge on any atom is 0.243 e. The number of hydrogen-bond acceptors (Lipinski definition) is 4. The fourth-order valence-corrected chi connectivity index (χ4v) is 4.95. The first-order valence-corrected chi connectivity index (χ1v) is 8.67. The van der Waals surface area contributed by atoms with Crippen LogP contribution in [0.25, 0.3) is 0 Å². The van der Waals surface area contributed by atoms with Gasteiger partial charge in [-0.25, -0.2) is 8.42 Å². The summed E-state index contributed by atoms with van der Waals surface area (Å²) in [5.74, 6) is 0.752. The van der Waals surface area contributed by atoms with Gasteiger partial charge in [-0.15, -0.1) is 12.4 Å². The van der Waals surface area contributed by atoms with Crippen molar-refractivity contribution in [1.82, 2.24) is 9.62 Å². The molecule has 7 heteroatoms. The summed E-state index contributed by atoms with van der Waals surface area (Å²) in [6.07, 6.45) is 1.83. The SMILES string of the molecule is CNCC1CCCN1S(=O)(=O)c1cc(C)c(OC)c(C)c1.Cl. The average Bonchev–Trinajstić information content (AvgIpc) is 2.87. The van der Waals surface area contributed by atoms with Crippen LogP contribution in [0, 0.1) is 13.8 Å². The Labute approximate surface area is 139 Å². The Morgan fingerprint density at radius 1 is 1.32 bits per heavy atom. The molecular weight excluding hydrogens is 324 g/mol. The van der Waals surface area contributed by atoms with Crippen molar-refractivity contribution in [2.45, 2.75) is 37.6 Å². The van der Waals surface area contributed by atoms with E-state index in [1.165, 1.54) is 0 Å². The summed E-state index contributed by atoms with van der Waals surface area (Å²) < 4.78 is 32.7. The average molecular weight is 349 g/mol. The second-order valence-corrected chi connectivity index (χ2v) is 7.45. The van der Waals surface area contributed by atoms with Crippen LogP contribution >= 0.6 is 12.4 Å². The summed E-state index contributed by atoms with van der Waals surface area (Å²) in [4.78, 5) is 0.362. The van der Waals surface area contributed by atoms with Crippen LogP contribution in [0.2, 0.25) is 0 Å². The van der Waals surface area contributed by atoms with E-state index in [1.807, 2.05) is 20.9 Å². The second-order valence-electron chi connectivity index (χ2n) is 5.56. The summed E-state index contributed by atoms with van der Waals surface area (Å²) in [6.45, 7) is 5.03. The number of nitrogens with zero attached hydrogens (tertiary/aromatic N) is 1. The van der Waals surface area contributed by atoms with Gasteiger partial charge in [0.15, 0.2) is 0 Å². The van der Waals surface area contributed by atoms with Gasteiger partial charge < -0.3 is 10.1 Å². The fourth-order valence-electron chi connectivity index (χ4n) is 3.08. The molecule has 0 saturated carbocycles. The zero-order chi connectivity index (χ0) is 15.6. The van der Waals surface area contributed by atoms with Crippen molar-refractivity contribution in [3.8, 4) is 5.75 Å². The number of nitrogens with one attached hydrogen (secondary N) is 1. The van der Waals surface area contributed by atoms with E-state index in [4.69, 9.17) is 4.74 Å². The number of benzene rings is 1. The number of halogens is 1. The van der Waals surface area contributed by atoms with E-state index < -0.39 is 10.0 Å². The van der Waals surface area contributed by atoms with Crippen LogP contribution in [-0.4, -0.2) is 46.0 Å². The number of ether oxygens (including phenoxy) is 1. The van der Waals surface area contributed by atoms with Gasteiger partial charge in [-0.2, -0.15) is 4.31 Å². The van der Waals surface area contributed by atoms with Gasteiger partial charge in [-0.1, -0.05) is 0 Å². The van der Waals surface area contributed by atoms with E-state index in [2.05, 4.69) is 5.32 Å². The lowest BCUT2D eigenvalue weighted by atomic mass is 10.1. The normalized spacial score (nSPS) is 19.0. The minimum atomic E-state index is -3.44. The lowest BCUT2D eigenvalue weighted by molar-refractivity contribution is 0.378. The minimum Gasteiger partial charge on any atom is -0.496 e. The number of rotatable bonds is 5. The Morgan fingerprint density at radius 2 is 1.91 bits per heavy atom. The molecule has 22 heavy (non-hydrogen) atoms. The molecule has 1 unspecified atom stereocenters. The van der Waals surface area contributed by atoms with E-state index in [0.717, 1.165) is 29.7 Å².